The van der Waals surface area contributed by atoms with Crippen molar-refractivity contribution in [3.8, 4) is 23.0 Å². The maximum Gasteiger partial charge on any atom is 0.161 e. The zero-order valence-electron chi connectivity index (χ0n) is 17.7. The van der Waals surface area contributed by atoms with Gasteiger partial charge in [-0.25, -0.2) is 0 Å². The van der Waals surface area contributed by atoms with Gasteiger partial charge in [0.1, 0.15) is 13.2 Å². The van der Waals surface area contributed by atoms with Crippen molar-refractivity contribution < 1.29 is 29.2 Å². The molecule has 2 N–H and O–H groups in total. The number of phenols is 2. The molecule has 0 amide bonds. The topological polar surface area (TPSA) is 77.4 Å². The van der Waals surface area contributed by atoms with Crippen LogP contribution < -0.4 is 9.47 Å². The minimum Gasteiger partial charge on any atom is -0.504 e. The molecule has 0 radical (unpaired) electrons. The van der Waals surface area contributed by atoms with Gasteiger partial charge in [0.2, 0.25) is 0 Å². The van der Waals surface area contributed by atoms with Gasteiger partial charge in [-0.2, -0.15) is 0 Å². The first-order chi connectivity index (χ1) is 15.7. The Morgan fingerprint density at radius 2 is 0.812 bits per heavy atom. The van der Waals surface area contributed by atoms with Crippen molar-refractivity contribution in [2.75, 3.05) is 39.6 Å². The van der Waals surface area contributed by atoms with E-state index in [1.54, 1.807) is 12.1 Å². The summed E-state index contributed by atoms with van der Waals surface area (Å²) in [4.78, 5) is 0. The summed E-state index contributed by atoms with van der Waals surface area (Å²) in [6.07, 6.45) is 0. The summed E-state index contributed by atoms with van der Waals surface area (Å²) in [5.74, 6) is 1.12. The number of fused-ring (bicyclic) bond motifs is 2. The molecule has 0 aromatic heterocycles. The van der Waals surface area contributed by atoms with E-state index in [0.717, 1.165) is 21.5 Å². The molecular weight excluding hydrogens is 408 g/mol. The van der Waals surface area contributed by atoms with E-state index in [-0.39, 0.29) is 11.5 Å². The van der Waals surface area contributed by atoms with Crippen LogP contribution in [0.2, 0.25) is 0 Å². The SMILES string of the molecule is Oc1cc2ccccc2cc1OCCOCCOCCOc1cc2ccccc2cc1O. The average Bonchev–Trinajstić information content (AvgIpc) is 2.80. The highest BCUT2D eigenvalue weighted by Gasteiger charge is 2.06. The number of hydrogen-bond acceptors (Lipinski definition) is 6. The molecule has 0 aliphatic rings. The van der Waals surface area contributed by atoms with Gasteiger partial charge in [-0.1, -0.05) is 48.5 Å². The van der Waals surface area contributed by atoms with E-state index >= 15 is 0 Å². The molecule has 4 aromatic rings. The van der Waals surface area contributed by atoms with Crippen molar-refractivity contribution in [2.45, 2.75) is 0 Å². The van der Waals surface area contributed by atoms with E-state index in [1.807, 2.05) is 60.7 Å². The predicted molar refractivity (Wildman–Crippen MR) is 124 cm³/mol. The van der Waals surface area contributed by atoms with Crippen LogP contribution >= 0.6 is 0 Å². The molecule has 32 heavy (non-hydrogen) atoms. The first kappa shape index (κ1) is 21.7. The van der Waals surface area contributed by atoms with Gasteiger partial charge < -0.3 is 29.2 Å². The van der Waals surface area contributed by atoms with Gasteiger partial charge in [0.25, 0.3) is 0 Å². The summed E-state index contributed by atoms with van der Waals surface area (Å²) in [6.45, 7) is 2.28. The second kappa shape index (κ2) is 10.7. The maximum atomic E-state index is 10.1. The Morgan fingerprint density at radius 3 is 1.22 bits per heavy atom. The Morgan fingerprint density at radius 1 is 0.469 bits per heavy atom. The molecule has 4 aromatic carbocycles. The van der Waals surface area contributed by atoms with E-state index in [1.165, 1.54) is 0 Å². The lowest BCUT2D eigenvalue weighted by molar-refractivity contribution is 0.0269. The number of phenolic OH excluding ortho intramolecular Hbond substituents is 2. The largest absolute Gasteiger partial charge is 0.504 e. The molecule has 0 atom stereocenters. The normalized spacial score (nSPS) is 11.1. The Balaban J connectivity index is 1.09. The van der Waals surface area contributed by atoms with Crippen LogP contribution in [0.15, 0.2) is 72.8 Å². The van der Waals surface area contributed by atoms with Gasteiger partial charge in [0, 0.05) is 0 Å². The Hall–Kier alpha value is -3.48. The smallest absolute Gasteiger partial charge is 0.161 e. The van der Waals surface area contributed by atoms with Gasteiger partial charge in [-0.3, -0.25) is 0 Å². The number of aromatic hydroxyl groups is 2. The molecule has 0 heterocycles. The van der Waals surface area contributed by atoms with Gasteiger partial charge in [-0.15, -0.1) is 0 Å². The van der Waals surface area contributed by atoms with Crippen LogP contribution in [0.5, 0.6) is 23.0 Å². The van der Waals surface area contributed by atoms with Crippen LogP contribution in [0.4, 0.5) is 0 Å². The van der Waals surface area contributed by atoms with Crippen LogP contribution in [0.1, 0.15) is 0 Å². The zero-order valence-corrected chi connectivity index (χ0v) is 17.7. The van der Waals surface area contributed by atoms with E-state index in [9.17, 15) is 10.2 Å². The summed E-state index contributed by atoms with van der Waals surface area (Å²) < 4.78 is 22.2. The van der Waals surface area contributed by atoms with Gasteiger partial charge in [0.15, 0.2) is 23.0 Å². The number of ether oxygens (including phenoxy) is 4. The van der Waals surface area contributed by atoms with Crippen molar-refractivity contribution in [1.29, 1.82) is 0 Å². The molecule has 0 saturated heterocycles. The first-order valence-corrected chi connectivity index (χ1v) is 10.6. The standard InChI is InChI=1S/C26H26O6/c27-23-15-19-5-1-3-7-21(19)17-25(23)31-13-11-29-9-10-30-12-14-32-26-18-22-8-4-2-6-20(22)16-24(26)28/h1-8,15-18,27-28H,9-14H2. The first-order valence-electron chi connectivity index (χ1n) is 10.6. The third-order valence-electron chi connectivity index (χ3n) is 5.00. The molecule has 4 rings (SSSR count). The molecule has 6 heteroatoms. The van der Waals surface area contributed by atoms with Gasteiger partial charge in [0.05, 0.1) is 26.4 Å². The Labute approximate surface area is 186 Å². The summed E-state index contributed by atoms with van der Waals surface area (Å²) >= 11 is 0. The Kier molecular flexibility index (Phi) is 7.27. The molecule has 6 nitrogen and oxygen atoms in total. The lowest BCUT2D eigenvalue weighted by Gasteiger charge is -2.11. The summed E-state index contributed by atoms with van der Waals surface area (Å²) in [6, 6.07) is 22.6. The molecule has 0 saturated carbocycles. The second-order valence-electron chi connectivity index (χ2n) is 7.26. The molecular formula is C26H26O6. The fourth-order valence-electron chi connectivity index (χ4n) is 3.39. The molecule has 0 spiro atoms. The third kappa shape index (κ3) is 5.60. The van der Waals surface area contributed by atoms with Crippen LogP contribution in [0, 0.1) is 0 Å². The highest BCUT2D eigenvalue weighted by Crippen LogP contribution is 2.32. The summed E-state index contributed by atoms with van der Waals surface area (Å²) in [7, 11) is 0. The molecule has 0 fully saturated rings. The summed E-state index contributed by atoms with van der Waals surface area (Å²) in [5.41, 5.74) is 0. The monoisotopic (exact) mass is 434 g/mol. The molecule has 0 aliphatic heterocycles. The quantitative estimate of drug-likeness (QED) is 0.327. The number of hydrogen-bond donors (Lipinski definition) is 2. The van der Waals surface area contributed by atoms with Gasteiger partial charge in [-0.05, 0) is 45.8 Å². The van der Waals surface area contributed by atoms with Crippen molar-refractivity contribution in [3.63, 3.8) is 0 Å². The van der Waals surface area contributed by atoms with Crippen molar-refractivity contribution in [2.24, 2.45) is 0 Å². The Bertz CT molecular complexity index is 1080. The highest BCUT2D eigenvalue weighted by molar-refractivity contribution is 5.86. The molecule has 166 valence electrons. The predicted octanol–water partition coefficient (Wildman–Crippen LogP) is 4.90. The number of rotatable bonds is 11. The minimum absolute atomic E-state index is 0.115. The molecule has 0 aliphatic carbocycles. The lowest BCUT2D eigenvalue weighted by Crippen LogP contribution is -2.13. The average molecular weight is 434 g/mol. The van der Waals surface area contributed by atoms with Crippen molar-refractivity contribution in [1.82, 2.24) is 0 Å². The second-order valence-corrected chi connectivity index (χ2v) is 7.26. The number of benzene rings is 4. The fourth-order valence-corrected chi connectivity index (χ4v) is 3.39. The maximum absolute atomic E-state index is 10.1. The van der Waals surface area contributed by atoms with Crippen molar-refractivity contribution >= 4 is 21.5 Å². The van der Waals surface area contributed by atoms with Crippen LogP contribution in [0.25, 0.3) is 21.5 Å². The van der Waals surface area contributed by atoms with E-state index in [4.69, 9.17) is 18.9 Å². The van der Waals surface area contributed by atoms with E-state index < -0.39 is 0 Å². The van der Waals surface area contributed by atoms with Crippen LogP contribution in [0.3, 0.4) is 0 Å². The van der Waals surface area contributed by atoms with Crippen LogP contribution in [-0.4, -0.2) is 49.9 Å². The lowest BCUT2D eigenvalue weighted by atomic mass is 10.1. The third-order valence-corrected chi connectivity index (χ3v) is 5.00. The molecule has 0 unspecified atom stereocenters. The van der Waals surface area contributed by atoms with E-state index in [0.29, 0.717) is 51.1 Å². The molecule has 0 bridgehead atoms. The zero-order chi connectivity index (χ0) is 22.2. The summed E-state index contributed by atoms with van der Waals surface area (Å²) in [5, 5.41) is 24.1. The van der Waals surface area contributed by atoms with E-state index in [2.05, 4.69) is 0 Å². The van der Waals surface area contributed by atoms with Crippen molar-refractivity contribution in [3.05, 3.63) is 72.8 Å². The minimum atomic E-state index is 0.115. The fraction of sp³-hybridized carbons (Fsp3) is 0.231. The van der Waals surface area contributed by atoms with Gasteiger partial charge >= 0.3 is 0 Å². The van der Waals surface area contributed by atoms with Crippen LogP contribution in [-0.2, 0) is 9.47 Å². The highest BCUT2D eigenvalue weighted by atomic mass is 16.6.